The van der Waals surface area contributed by atoms with Gasteiger partial charge in [0.05, 0.1) is 27.6 Å². The van der Waals surface area contributed by atoms with Gasteiger partial charge in [-0.1, -0.05) is 42.3 Å². The molecule has 74 heavy (non-hydrogen) atoms. The van der Waals surface area contributed by atoms with Crippen LogP contribution in [0, 0.1) is 24.0 Å². The lowest BCUT2D eigenvalue weighted by Gasteiger charge is -2.35. The first-order valence-electron chi connectivity index (χ1n) is 24.9. The molecule has 2 bridgehead atoms. The number of carbonyl (C=O) groups is 6. The molecule has 6 aliphatic rings. The van der Waals surface area contributed by atoms with E-state index < -0.39 is 52.9 Å². The van der Waals surface area contributed by atoms with Crippen LogP contribution in [0.25, 0.3) is 32.9 Å². The Kier molecular flexibility index (Phi) is 12.8. The van der Waals surface area contributed by atoms with Crippen molar-refractivity contribution < 1.29 is 47.0 Å². The number of aromatic nitrogens is 3. The molecule has 5 atom stereocenters. The molecule has 2 aromatic heterocycles. The molecule has 20 heteroatoms. The molecule has 0 saturated carbocycles. The van der Waals surface area contributed by atoms with Crippen molar-refractivity contribution in [3.8, 4) is 29.6 Å². The summed E-state index contributed by atoms with van der Waals surface area (Å²) in [7, 11) is 0. The number of nitrogens with one attached hydrogen (secondary N) is 4. The fourth-order valence-corrected chi connectivity index (χ4v) is 11.7. The van der Waals surface area contributed by atoms with E-state index in [0.717, 1.165) is 23.3 Å². The molecule has 380 valence electrons. The van der Waals surface area contributed by atoms with Crippen LogP contribution >= 0.6 is 0 Å². The normalized spacial score (nSPS) is 23.3. The van der Waals surface area contributed by atoms with Gasteiger partial charge in [0, 0.05) is 80.0 Å². The molecule has 11 rings (SSSR count). The molecule has 6 amide bonds. The van der Waals surface area contributed by atoms with Crippen molar-refractivity contribution in [2.75, 3.05) is 49.6 Å². The highest BCUT2D eigenvalue weighted by molar-refractivity contribution is 6.24. The minimum absolute atomic E-state index is 0.00334. The maximum absolute atomic E-state index is 17.2. The number of amides is 6. The largest absolute Gasteiger partial charge is 0.461 e. The minimum Gasteiger partial charge on any atom is -0.461 e. The third kappa shape index (κ3) is 8.93. The monoisotopic (exact) mass is 1010 g/mol. The zero-order chi connectivity index (χ0) is 51.4. The van der Waals surface area contributed by atoms with E-state index in [1.54, 1.807) is 30.5 Å². The van der Waals surface area contributed by atoms with Crippen molar-refractivity contribution in [1.29, 1.82) is 0 Å². The SMILES string of the molecule is C#Cc1c(F)ccc2cccc(-c3ncc4c(N5CC6CCC(C5)N6)nc(OCC56CCC(COC(=O)NCCCCC(=O)Nc7ccc8c(c7)C(=O)N(C7CCC(=O)NC7=O)C8=O)N5CC(=C)C6)nc4c3F)c12. The zero-order valence-corrected chi connectivity index (χ0v) is 40.3. The Balaban J connectivity index is 0.704. The number of benzene rings is 3. The fourth-order valence-electron chi connectivity index (χ4n) is 11.7. The summed E-state index contributed by atoms with van der Waals surface area (Å²) in [5.41, 5.74) is 1.31. The highest BCUT2D eigenvalue weighted by Crippen LogP contribution is 2.45. The number of hydrogen-bond donors (Lipinski definition) is 4. The number of unbranched alkanes of at least 4 members (excludes halogenated alkanes) is 1. The Morgan fingerprint density at radius 2 is 1.77 bits per heavy atom. The van der Waals surface area contributed by atoms with Gasteiger partial charge in [0.2, 0.25) is 17.7 Å². The van der Waals surface area contributed by atoms with E-state index in [1.807, 2.05) is 0 Å². The molecule has 5 aromatic rings. The number of pyridine rings is 1. The maximum atomic E-state index is 17.2. The van der Waals surface area contributed by atoms with Gasteiger partial charge in [0.15, 0.2) is 5.82 Å². The van der Waals surface area contributed by atoms with E-state index in [9.17, 15) is 28.8 Å². The highest BCUT2D eigenvalue weighted by atomic mass is 19.1. The number of nitrogens with zero attached hydrogens (tertiary/aromatic N) is 6. The Morgan fingerprint density at radius 1 is 0.959 bits per heavy atom. The summed E-state index contributed by atoms with van der Waals surface area (Å²) in [4.78, 5) is 95.4. The number of halogens is 2. The van der Waals surface area contributed by atoms with Crippen LogP contribution in [-0.2, 0) is 19.1 Å². The van der Waals surface area contributed by atoms with Gasteiger partial charge in [-0.25, -0.2) is 13.6 Å². The minimum atomic E-state index is -1.09. The van der Waals surface area contributed by atoms with Crippen molar-refractivity contribution >= 4 is 68.8 Å². The van der Waals surface area contributed by atoms with E-state index in [2.05, 4.69) is 48.6 Å². The summed E-state index contributed by atoms with van der Waals surface area (Å²) in [5, 5.41) is 12.7. The van der Waals surface area contributed by atoms with E-state index in [1.165, 1.54) is 24.3 Å². The molecular formula is C54H52F2N10O8. The van der Waals surface area contributed by atoms with Crippen molar-refractivity contribution in [2.24, 2.45) is 0 Å². The van der Waals surface area contributed by atoms with Crippen LogP contribution < -0.4 is 30.9 Å². The van der Waals surface area contributed by atoms with Crippen LogP contribution in [-0.4, -0.2) is 129 Å². The van der Waals surface area contributed by atoms with E-state index >= 15 is 8.78 Å². The Labute approximate surface area is 423 Å². The molecule has 4 N–H and O–H groups in total. The van der Waals surface area contributed by atoms with Gasteiger partial charge in [-0.3, -0.25) is 44.1 Å². The quantitative estimate of drug-likeness (QED) is 0.0466. The zero-order valence-electron chi connectivity index (χ0n) is 40.3. The number of alkyl carbamates (subject to hydrolysis) is 1. The summed E-state index contributed by atoms with van der Waals surface area (Å²) in [6.07, 6.45) is 11.9. The summed E-state index contributed by atoms with van der Waals surface area (Å²) in [6, 6.07) is 11.7. The summed E-state index contributed by atoms with van der Waals surface area (Å²) < 4.78 is 44.4. The number of ether oxygens (including phenoxy) is 2. The van der Waals surface area contributed by atoms with Crippen LogP contribution in [0.3, 0.4) is 0 Å². The Hall–Kier alpha value is -7.89. The third-order valence-electron chi connectivity index (χ3n) is 15.2. The van der Waals surface area contributed by atoms with Crippen LogP contribution in [0.1, 0.15) is 90.5 Å². The van der Waals surface area contributed by atoms with Gasteiger partial charge in [0.1, 0.15) is 42.1 Å². The second-order valence-electron chi connectivity index (χ2n) is 20.0. The number of imide groups is 2. The van der Waals surface area contributed by atoms with Gasteiger partial charge in [0.25, 0.3) is 11.8 Å². The van der Waals surface area contributed by atoms with Crippen LogP contribution in [0.15, 0.2) is 66.9 Å². The maximum Gasteiger partial charge on any atom is 0.407 e. The molecule has 5 unspecified atom stereocenters. The van der Waals surface area contributed by atoms with E-state index in [0.29, 0.717) is 85.0 Å². The lowest BCUT2D eigenvalue weighted by molar-refractivity contribution is -0.136. The van der Waals surface area contributed by atoms with Gasteiger partial charge < -0.3 is 30.3 Å². The second kappa shape index (κ2) is 19.5. The number of terminal acetylenes is 1. The van der Waals surface area contributed by atoms with Gasteiger partial charge in [-0.2, -0.15) is 9.97 Å². The van der Waals surface area contributed by atoms with Crippen LogP contribution in [0.5, 0.6) is 6.01 Å². The Morgan fingerprint density at radius 3 is 2.57 bits per heavy atom. The second-order valence-corrected chi connectivity index (χ2v) is 20.0. The molecule has 5 fully saturated rings. The van der Waals surface area contributed by atoms with E-state index in [4.69, 9.17) is 25.9 Å². The molecule has 0 spiro atoms. The lowest BCUT2D eigenvalue weighted by atomic mass is 9.94. The lowest BCUT2D eigenvalue weighted by Crippen LogP contribution is -2.54. The number of anilines is 2. The molecule has 8 heterocycles. The standard InChI is InChI=1S/C54H52F2N10O8/c1-3-35-40(55)15-10-30-7-6-8-37(44(30)35)46-45(56)47-39(23-58-46)48(64-25-32-11-12-33(26-64)59-32)63-52(62-47)74-28-54-19-18-34(65(54)24-29(2)22-54)27-73-53(72)57-20-5-4-9-42(67)60-31-13-14-36-38(21-31)51(71)66(50(36)70)41-16-17-43(68)61-49(41)69/h1,6-8,10,13-15,21,23,32-34,41,59H,2,4-5,9,11-12,16-20,22,24-28H2,(H,57,72)(H,60,67)(H,61,68,69). The topological polar surface area (TPSA) is 217 Å². The van der Waals surface area contributed by atoms with Crippen molar-refractivity contribution in [3.05, 3.63) is 95.2 Å². The smallest absolute Gasteiger partial charge is 0.407 e. The van der Waals surface area contributed by atoms with Gasteiger partial charge >= 0.3 is 12.1 Å². The van der Waals surface area contributed by atoms with Crippen LogP contribution in [0.2, 0.25) is 0 Å². The molecule has 6 aliphatic heterocycles. The predicted molar refractivity (Wildman–Crippen MR) is 267 cm³/mol. The number of rotatable bonds is 14. The predicted octanol–water partition coefficient (Wildman–Crippen LogP) is 5.52. The number of piperidine rings is 1. The number of hydrogen-bond acceptors (Lipinski definition) is 14. The first-order valence-corrected chi connectivity index (χ1v) is 24.9. The summed E-state index contributed by atoms with van der Waals surface area (Å²) in [5.74, 6) is -1.16. The van der Waals surface area contributed by atoms with Crippen molar-refractivity contribution in [1.82, 2.24) is 40.7 Å². The molecule has 0 aliphatic carbocycles. The number of fused-ring (bicyclic) bond motifs is 6. The molecule has 0 radical (unpaired) electrons. The van der Waals surface area contributed by atoms with E-state index in [-0.39, 0.29) is 97.0 Å². The molecule has 5 saturated heterocycles. The average molecular weight is 1010 g/mol. The first kappa shape index (κ1) is 48.4. The van der Waals surface area contributed by atoms with Crippen molar-refractivity contribution in [3.63, 3.8) is 0 Å². The Bertz CT molecular complexity index is 3260. The third-order valence-corrected chi connectivity index (χ3v) is 15.2. The first-order chi connectivity index (χ1) is 35.8. The number of carbonyl (C=O) groups excluding carboxylic acids is 6. The molecule has 3 aromatic carbocycles. The molecule has 18 nitrogen and oxygen atoms in total. The highest BCUT2D eigenvalue weighted by Gasteiger charge is 2.52. The van der Waals surface area contributed by atoms with Gasteiger partial charge in [-0.05, 0) is 81.0 Å². The fraction of sp³-hybridized carbons (Fsp3) is 0.389. The number of piperazine rings is 1. The molecular weight excluding hydrogens is 955 g/mol. The van der Waals surface area contributed by atoms with Crippen molar-refractivity contribution in [2.45, 2.75) is 93.9 Å². The van der Waals surface area contributed by atoms with Gasteiger partial charge in [-0.15, -0.1) is 6.42 Å². The summed E-state index contributed by atoms with van der Waals surface area (Å²) in [6.45, 7) is 6.74. The summed E-state index contributed by atoms with van der Waals surface area (Å²) >= 11 is 0. The van der Waals surface area contributed by atoms with Crippen LogP contribution in [0.4, 0.5) is 25.1 Å². The average Bonchev–Trinajstić information content (AvgIpc) is 4.09.